The van der Waals surface area contributed by atoms with Gasteiger partial charge in [0.15, 0.2) is 5.78 Å². The van der Waals surface area contributed by atoms with E-state index in [1.54, 1.807) is 30.3 Å². The van der Waals surface area contributed by atoms with Gasteiger partial charge in [-0.1, -0.05) is 42.5 Å². The van der Waals surface area contributed by atoms with E-state index in [2.05, 4.69) is 0 Å². The van der Waals surface area contributed by atoms with Crippen LogP contribution in [0.4, 0.5) is 0 Å². The van der Waals surface area contributed by atoms with Crippen molar-refractivity contribution in [2.24, 2.45) is 5.73 Å². The van der Waals surface area contributed by atoms with Gasteiger partial charge in [-0.05, 0) is 35.4 Å². The molecule has 1 heterocycles. The standard InChI is InChI=1S/C23H19NO4/c24-23(26)17-8-6-16(7-9-17)22(15-4-2-1-3-5-15)28-18-10-11-19-20(25)12-13-27-21(19)14-18/h1-11,14,22H,12-13H2,(H2,24,26). The van der Waals surface area contributed by atoms with Crippen molar-refractivity contribution in [3.05, 3.63) is 95.1 Å². The average molecular weight is 373 g/mol. The third-order valence-corrected chi connectivity index (χ3v) is 4.69. The molecule has 0 bridgehead atoms. The van der Waals surface area contributed by atoms with Crippen LogP contribution >= 0.6 is 0 Å². The fourth-order valence-corrected chi connectivity index (χ4v) is 3.23. The third kappa shape index (κ3) is 3.60. The highest BCUT2D eigenvalue weighted by atomic mass is 16.5. The van der Waals surface area contributed by atoms with Crippen LogP contribution in [0.5, 0.6) is 11.5 Å². The molecule has 1 amide bonds. The minimum Gasteiger partial charge on any atom is -0.492 e. The molecule has 1 aliphatic heterocycles. The van der Waals surface area contributed by atoms with Crippen molar-refractivity contribution in [1.82, 2.24) is 0 Å². The molecule has 1 aliphatic rings. The monoisotopic (exact) mass is 373 g/mol. The zero-order valence-electron chi connectivity index (χ0n) is 15.1. The van der Waals surface area contributed by atoms with Crippen molar-refractivity contribution in [2.75, 3.05) is 6.61 Å². The number of carbonyl (C=O) groups excluding carboxylic acids is 2. The van der Waals surface area contributed by atoms with Gasteiger partial charge in [0.1, 0.15) is 17.6 Å². The zero-order valence-corrected chi connectivity index (χ0v) is 15.1. The zero-order chi connectivity index (χ0) is 19.5. The number of nitrogens with two attached hydrogens (primary N) is 1. The van der Waals surface area contributed by atoms with Gasteiger partial charge in [0.25, 0.3) is 0 Å². The molecule has 1 unspecified atom stereocenters. The van der Waals surface area contributed by atoms with E-state index < -0.39 is 5.91 Å². The number of ketones is 1. The number of hydrogen-bond acceptors (Lipinski definition) is 4. The molecule has 2 N–H and O–H groups in total. The quantitative estimate of drug-likeness (QED) is 0.735. The summed E-state index contributed by atoms with van der Waals surface area (Å²) >= 11 is 0. The second-order valence-corrected chi connectivity index (χ2v) is 6.57. The first-order valence-electron chi connectivity index (χ1n) is 9.03. The molecule has 0 saturated heterocycles. The maximum absolute atomic E-state index is 12.0. The van der Waals surface area contributed by atoms with Crippen molar-refractivity contribution in [2.45, 2.75) is 12.5 Å². The molecule has 0 saturated carbocycles. The fraction of sp³-hybridized carbons (Fsp3) is 0.130. The lowest BCUT2D eigenvalue weighted by molar-refractivity contribution is 0.0932. The van der Waals surface area contributed by atoms with Crippen LogP contribution in [0.15, 0.2) is 72.8 Å². The largest absolute Gasteiger partial charge is 0.492 e. The number of Topliss-reactive ketones (excluding diaryl/α,β-unsaturated/α-hetero) is 1. The second kappa shape index (κ2) is 7.56. The number of amides is 1. The van der Waals surface area contributed by atoms with Gasteiger partial charge in [-0.3, -0.25) is 9.59 Å². The second-order valence-electron chi connectivity index (χ2n) is 6.57. The summed E-state index contributed by atoms with van der Waals surface area (Å²) in [5.74, 6) is 0.751. The summed E-state index contributed by atoms with van der Waals surface area (Å²) < 4.78 is 11.9. The van der Waals surface area contributed by atoms with Gasteiger partial charge in [-0.15, -0.1) is 0 Å². The van der Waals surface area contributed by atoms with Crippen LogP contribution < -0.4 is 15.2 Å². The van der Waals surface area contributed by atoms with Gasteiger partial charge < -0.3 is 15.2 Å². The van der Waals surface area contributed by atoms with E-state index in [1.165, 1.54) is 0 Å². The lowest BCUT2D eigenvalue weighted by Gasteiger charge is -2.22. The Morgan fingerprint density at radius 2 is 1.68 bits per heavy atom. The van der Waals surface area contributed by atoms with Gasteiger partial charge >= 0.3 is 0 Å². The van der Waals surface area contributed by atoms with Gasteiger partial charge in [0.05, 0.1) is 12.2 Å². The van der Waals surface area contributed by atoms with Crippen LogP contribution in [-0.2, 0) is 0 Å². The summed E-state index contributed by atoms with van der Waals surface area (Å²) in [6.07, 6.45) is 0.00644. The Bertz CT molecular complexity index is 1010. The molecular weight excluding hydrogens is 354 g/mol. The minimum atomic E-state index is -0.472. The Balaban J connectivity index is 1.68. The Morgan fingerprint density at radius 3 is 2.39 bits per heavy atom. The van der Waals surface area contributed by atoms with E-state index in [0.29, 0.717) is 35.7 Å². The summed E-state index contributed by atoms with van der Waals surface area (Å²) in [7, 11) is 0. The Kier molecular flexibility index (Phi) is 4.81. The summed E-state index contributed by atoms with van der Waals surface area (Å²) in [5.41, 5.74) is 8.21. The first kappa shape index (κ1) is 17.8. The maximum atomic E-state index is 12.0. The van der Waals surface area contributed by atoms with Crippen molar-refractivity contribution in [3.8, 4) is 11.5 Å². The molecule has 0 spiro atoms. The highest BCUT2D eigenvalue weighted by Gasteiger charge is 2.21. The van der Waals surface area contributed by atoms with Crippen LogP contribution in [0, 0.1) is 0 Å². The first-order valence-corrected chi connectivity index (χ1v) is 9.03. The van der Waals surface area contributed by atoms with E-state index in [0.717, 1.165) is 11.1 Å². The normalized spacial score (nSPS) is 13.9. The number of ether oxygens (including phenoxy) is 2. The molecule has 5 heteroatoms. The Labute approximate surface area is 162 Å². The average Bonchev–Trinajstić information content (AvgIpc) is 2.73. The van der Waals surface area contributed by atoms with Crippen molar-refractivity contribution in [1.29, 1.82) is 0 Å². The summed E-state index contributed by atoms with van der Waals surface area (Å²) in [5, 5.41) is 0. The molecule has 5 nitrogen and oxygen atoms in total. The highest BCUT2D eigenvalue weighted by molar-refractivity contribution is 5.99. The molecule has 1 atom stereocenters. The summed E-state index contributed by atoms with van der Waals surface area (Å²) in [4.78, 5) is 23.3. The van der Waals surface area contributed by atoms with Gasteiger partial charge in [-0.2, -0.15) is 0 Å². The molecule has 28 heavy (non-hydrogen) atoms. The predicted octanol–water partition coefficient (Wildman–Crippen LogP) is 3.92. The topological polar surface area (TPSA) is 78.6 Å². The first-order chi connectivity index (χ1) is 13.6. The molecule has 0 aliphatic carbocycles. The molecule has 3 aromatic rings. The van der Waals surface area contributed by atoms with Gasteiger partial charge in [0, 0.05) is 18.1 Å². The van der Waals surface area contributed by atoms with E-state index in [-0.39, 0.29) is 11.9 Å². The van der Waals surface area contributed by atoms with Crippen LogP contribution in [0.1, 0.15) is 44.4 Å². The summed E-state index contributed by atoms with van der Waals surface area (Å²) in [6, 6.07) is 22.1. The molecule has 140 valence electrons. The number of carbonyl (C=O) groups is 2. The van der Waals surface area contributed by atoms with Crippen LogP contribution in [0.3, 0.4) is 0 Å². The summed E-state index contributed by atoms with van der Waals surface area (Å²) in [6.45, 7) is 0.381. The molecule has 0 fully saturated rings. The number of fused-ring (bicyclic) bond motifs is 1. The van der Waals surface area contributed by atoms with Crippen LogP contribution in [0.2, 0.25) is 0 Å². The number of primary amides is 1. The molecular formula is C23H19NO4. The Morgan fingerprint density at radius 1 is 0.964 bits per heavy atom. The minimum absolute atomic E-state index is 0.0782. The number of rotatable bonds is 5. The SMILES string of the molecule is NC(=O)c1ccc(C(Oc2ccc3c(c2)OCCC3=O)c2ccccc2)cc1. The highest BCUT2D eigenvalue weighted by Crippen LogP contribution is 2.33. The lowest BCUT2D eigenvalue weighted by atomic mass is 9.99. The Hall–Kier alpha value is -3.60. The van der Waals surface area contributed by atoms with Crippen LogP contribution in [-0.4, -0.2) is 18.3 Å². The van der Waals surface area contributed by atoms with Crippen molar-refractivity contribution < 1.29 is 19.1 Å². The predicted molar refractivity (Wildman–Crippen MR) is 105 cm³/mol. The molecule has 4 rings (SSSR count). The van der Waals surface area contributed by atoms with Crippen LogP contribution in [0.25, 0.3) is 0 Å². The molecule has 3 aromatic carbocycles. The van der Waals surface area contributed by atoms with E-state index in [4.69, 9.17) is 15.2 Å². The van der Waals surface area contributed by atoms with E-state index >= 15 is 0 Å². The lowest BCUT2D eigenvalue weighted by Crippen LogP contribution is -2.16. The third-order valence-electron chi connectivity index (χ3n) is 4.69. The van der Waals surface area contributed by atoms with Gasteiger partial charge in [0.2, 0.25) is 5.91 Å². The van der Waals surface area contributed by atoms with Crippen molar-refractivity contribution in [3.63, 3.8) is 0 Å². The molecule has 0 radical (unpaired) electrons. The van der Waals surface area contributed by atoms with Crippen molar-refractivity contribution >= 4 is 11.7 Å². The number of benzene rings is 3. The van der Waals surface area contributed by atoms with E-state index in [9.17, 15) is 9.59 Å². The molecule has 0 aromatic heterocycles. The van der Waals surface area contributed by atoms with Gasteiger partial charge in [-0.25, -0.2) is 0 Å². The maximum Gasteiger partial charge on any atom is 0.248 e. The fourth-order valence-electron chi connectivity index (χ4n) is 3.23. The smallest absolute Gasteiger partial charge is 0.248 e. The van der Waals surface area contributed by atoms with E-state index in [1.807, 2.05) is 42.5 Å². The number of hydrogen-bond donors (Lipinski definition) is 1.